The molecule has 0 N–H and O–H groups in total. The molecule has 3 aromatic rings. The van der Waals surface area contributed by atoms with Gasteiger partial charge >= 0.3 is 0 Å². The average molecular weight is 423 g/mol. The van der Waals surface area contributed by atoms with E-state index in [2.05, 4.69) is 86.1 Å². The van der Waals surface area contributed by atoms with Crippen LogP contribution in [0.5, 0.6) is 0 Å². The average Bonchev–Trinajstić information content (AvgIpc) is 2.81. The predicted molar refractivity (Wildman–Crippen MR) is 142 cm³/mol. The number of unbranched alkanes of at least 4 members (excludes halogenated alkanes) is 10. The van der Waals surface area contributed by atoms with Gasteiger partial charge in [-0.25, -0.2) is 0 Å². The summed E-state index contributed by atoms with van der Waals surface area (Å²) < 4.78 is 0. The van der Waals surface area contributed by atoms with Crippen LogP contribution in [-0.2, 0) is 0 Å². The van der Waals surface area contributed by atoms with Crippen molar-refractivity contribution in [3.8, 4) is 23.7 Å². The predicted octanol–water partition coefficient (Wildman–Crippen LogP) is 9.42. The molecule has 32 heavy (non-hydrogen) atoms. The topological polar surface area (TPSA) is 0 Å². The fraction of sp³-hybridized carbons (Fsp3) is 0.438. The highest BCUT2D eigenvalue weighted by atomic mass is 14.0. The maximum absolute atomic E-state index is 3.36. The molecular formula is C32H38. The summed E-state index contributed by atoms with van der Waals surface area (Å²) in [6.07, 6.45) is 15.0. The second kappa shape index (κ2) is 13.7. The van der Waals surface area contributed by atoms with E-state index >= 15 is 0 Å². The van der Waals surface area contributed by atoms with Gasteiger partial charge in [0.05, 0.1) is 0 Å². The minimum absolute atomic E-state index is 1.00. The molecular weight excluding hydrogens is 384 g/mol. The van der Waals surface area contributed by atoms with Gasteiger partial charge in [-0.3, -0.25) is 0 Å². The van der Waals surface area contributed by atoms with Crippen molar-refractivity contribution in [1.29, 1.82) is 0 Å². The first kappa shape index (κ1) is 24.0. The van der Waals surface area contributed by atoms with Crippen molar-refractivity contribution >= 4 is 21.5 Å². The molecule has 0 aliphatic heterocycles. The van der Waals surface area contributed by atoms with Crippen LogP contribution in [0.15, 0.2) is 48.5 Å². The highest BCUT2D eigenvalue weighted by Crippen LogP contribution is 2.24. The number of benzene rings is 3. The van der Waals surface area contributed by atoms with E-state index in [0.717, 1.165) is 24.0 Å². The molecule has 0 unspecified atom stereocenters. The second-order valence-corrected chi connectivity index (χ2v) is 8.91. The second-order valence-electron chi connectivity index (χ2n) is 8.91. The molecule has 166 valence electrons. The van der Waals surface area contributed by atoms with Crippen molar-refractivity contribution in [3.63, 3.8) is 0 Å². The van der Waals surface area contributed by atoms with Gasteiger partial charge in [0.2, 0.25) is 0 Å². The van der Waals surface area contributed by atoms with Crippen LogP contribution in [0.1, 0.15) is 102 Å². The van der Waals surface area contributed by atoms with Crippen LogP contribution in [0.4, 0.5) is 0 Å². The first-order chi connectivity index (χ1) is 15.8. The van der Waals surface area contributed by atoms with Crippen molar-refractivity contribution < 1.29 is 0 Å². The lowest BCUT2D eigenvalue weighted by Gasteiger charge is -2.04. The molecule has 0 fully saturated rings. The van der Waals surface area contributed by atoms with E-state index < -0.39 is 0 Å². The van der Waals surface area contributed by atoms with Gasteiger partial charge in [0.15, 0.2) is 0 Å². The Morgan fingerprint density at radius 2 is 0.906 bits per heavy atom. The third-order valence-corrected chi connectivity index (χ3v) is 6.07. The molecule has 0 spiro atoms. The maximum Gasteiger partial charge on any atom is 0.0251 e. The van der Waals surface area contributed by atoms with Gasteiger partial charge in [0.1, 0.15) is 0 Å². The van der Waals surface area contributed by atoms with Crippen molar-refractivity contribution in [2.24, 2.45) is 0 Å². The highest BCUT2D eigenvalue weighted by molar-refractivity contribution is 5.99. The molecule has 0 aromatic heterocycles. The normalized spacial score (nSPS) is 10.6. The van der Waals surface area contributed by atoms with Gasteiger partial charge in [-0.15, -0.1) is 0 Å². The van der Waals surface area contributed by atoms with Crippen molar-refractivity contribution in [2.45, 2.75) is 90.9 Å². The Morgan fingerprint density at radius 1 is 0.469 bits per heavy atom. The smallest absolute Gasteiger partial charge is 0.0251 e. The van der Waals surface area contributed by atoms with E-state index in [1.54, 1.807) is 0 Å². The third-order valence-electron chi connectivity index (χ3n) is 6.07. The van der Waals surface area contributed by atoms with Gasteiger partial charge in [-0.05, 0) is 70.8 Å². The minimum Gasteiger partial charge on any atom is -0.0979 e. The monoisotopic (exact) mass is 422 g/mol. The minimum atomic E-state index is 1.00. The Hall–Kier alpha value is -2.70. The fourth-order valence-corrected chi connectivity index (χ4v) is 4.12. The SMILES string of the molecule is CCCCCCCC#Cc1ccc2cc3cc(C#CCCCCCCC)ccc3cc2c1. The van der Waals surface area contributed by atoms with E-state index in [-0.39, 0.29) is 0 Å². The van der Waals surface area contributed by atoms with Crippen LogP contribution >= 0.6 is 0 Å². The molecule has 0 heterocycles. The van der Waals surface area contributed by atoms with E-state index in [0.29, 0.717) is 0 Å². The Morgan fingerprint density at radius 3 is 1.34 bits per heavy atom. The highest BCUT2D eigenvalue weighted by Gasteiger charge is 2.00. The van der Waals surface area contributed by atoms with E-state index in [1.165, 1.54) is 85.8 Å². The van der Waals surface area contributed by atoms with Gasteiger partial charge in [-0.1, -0.05) is 101 Å². The zero-order valence-corrected chi connectivity index (χ0v) is 20.1. The van der Waals surface area contributed by atoms with E-state index in [9.17, 15) is 0 Å². The van der Waals surface area contributed by atoms with Crippen molar-refractivity contribution in [2.75, 3.05) is 0 Å². The number of hydrogen-bond donors (Lipinski definition) is 0. The van der Waals surface area contributed by atoms with Gasteiger partial charge in [0, 0.05) is 24.0 Å². The standard InChI is InChI=1S/C32H38/c1-3-5-7-9-11-13-15-17-27-19-21-29-26-32-24-28(18-16-14-12-10-8-6-4-2)20-22-30(32)25-31(29)23-27/h19-26H,3-14H2,1-2H3. The third kappa shape index (κ3) is 7.77. The van der Waals surface area contributed by atoms with Crippen molar-refractivity contribution in [1.82, 2.24) is 0 Å². The molecule has 0 radical (unpaired) electrons. The largest absolute Gasteiger partial charge is 0.0979 e. The molecule has 0 amide bonds. The Balaban J connectivity index is 1.63. The number of fused-ring (bicyclic) bond motifs is 2. The molecule has 0 saturated carbocycles. The zero-order valence-electron chi connectivity index (χ0n) is 20.1. The summed E-state index contributed by atoms with van der Waals surface area (Å²) in [5.41, 5.74) is 2.23. The fourth-order valence-electron chi connectivity index (χ4n) is 4.12. The Labute approximate surface area is 195 Å². The molecule has 0 bridgehead atoms. The van der Waals surface area contributed by atoms with Gasteiger partial charge in [-0.2, -0.15) is 0 Å². The molecule has 3 aromatic carbocycles. The van der Waals surface area contributed by atoms with E-state index in [1.807, 2.05) is 0 Å². The first-order valence-corrected chi connectivity index (χ1v) is 12.8. The quantitative estimate of drug-likeness (QED) is 0.173. The maximum atomic E-state index is 3.36. The molecule has 0 aliphatic rings. The van der Waals surface area contributed by atoms with Crippen LogP contribution in [0.3, 0.4) is 0 Å². The van der Waals surface area contributed by atoms with Gasteiger partial charge in [0.25, 0.3) is 0 Å². The molecule has 0 aliphatic carbocycles. The lowest BCUT2D eigenvalue weighted by Crippen LogP contribution is -1.82. The summed E-state index contributed by atoms with van der Waals surface area (Å²) in [6, 6.07) is 17.7. The van der Waals surface area contributed by atoms with Crippen LogP contribution in [0, 0.1) is 23.7 Å². The molecule has 0 atom stereocenters. The molecule has 0 heteroatoms. The summed E-state index contributed by atoms with van der Waals surface area (Å²) in [5.74, 6) is 13.4. The Kier molecular flexibility index (Phi) is 10.2. The molecule has 3 rings (SSSR count). The van der Waals surface area contributed by atoms with Crippen LogP contribution in [0.25, 0.3) is 21.5 Å². The summed E-state index contributed by atoms with van der Waals surface area (Å²) in [4.78, 5) is 0. The first-order valence-electron chi connectivity index (χ1n) is 12.8. The zero-order chi connectivity index (χ0) is 22.4. The van der Waals surface area contributed by atoms with Crippen LogP contribution < -0.4 is 0 Å². The van der Waals surface area contributed by atoms with Crippen LogP contribution in [0.2, 0.25) is 0 Å². The summed E-state index contributed by atoms with van der Waals surface area (Å²) in [7, 11) is 0. The van der Waals surface area contributed by atoms with Crippen molar-refractivity contribution in [3.05, 3.63) is 59.7 Å². The lowest BCUT2D eigenvalue weighted by molar-refractivity contribution is 0.641. The summed E-state index contributed by atoms with van der Waals surface area (Å²) in [5, 5.41) is 5.06. The number of rotatable bonds is 10. The lowest BCUT2D eigenvalue weighted by atomic mass is 10.00. The molecule has 0 saturated heterocycles. The van der Waals surface area contributed by atoms with Crippen LogP contribution in [-0.4, -0.2) is 0 Å². The summed E-state index contributed by atoms with van der Waals surface area (Å²) >= 11 is 0. The van der Waals surface area contributed by atoms with E-state index in [4.69, 9.17) is 0 Å². The van der Waals surface area contributed by atoms with Gasteiger partial charge < -0.3 is 0 Å². The number of hydrogen-bond acceptors (Lipinski definition) is 0. The Bertz CT molecular complexity index is 1020. The summed E-state index contributed by atoms with van der Waals surface area (Å²) in [6.45, 7) is 4.51. The molecule has 0 nitrogen and oxygen atoms in total.